The second kappa shape index (κ2) is 9.23. The standard InChI is InChI=1S/C16H21ClN6O.HI/c1-11-20-15(24-22-11)9-19-16(18-2)21-13-6-7-23(10-13)14-5-3-4-12(17)8-14;/h3-5,8,13H,6-7,9-10H2,1-2H3,(H2,18,19,21);1H. The number of aromatic nitrogens is 2. The molecule has 1 aliphatic rings. The molecule has 1 aromatic carbocycles. The van der Waals surface area contributed by atoms with Crippen LogP contribution in [0.15, 0.2) is 33.8 Å². The number of hydrogen-bond acceptors (Lipinski definition) is 5. The van der Waals surface area contributed by atoms with Crippen molar-refractivity contribution in [1.29, 1.82) is 0 Å². The zero-order valence-corrected chi connectivity index (χ0v) is 17.3. The summed E-state index contributed by atoms with van der Waals surface area (Å²) in [6.07, 6.45) is 1.03. The van der Waals surface area contributed by atoms with Crippen LogP contribution < -0.4 is 15.5 Å². The van der Waals surface area contributed by atoms with Gasteiger partial charge in [-0.05, 0) is 31.5 Å². The summed E-state index contributed by atoms with van der Waals surface area (Å²) >= 11 is 6.08. The highest BCUT2D eigenvalue weighted by Gasteiger charge is 2.23. The Balaban J connectivity index is 0.00000225. The maximum absolute atomic E-state index is 6.08. The number of nitrogens with one attached hydrogen (secondary N) is 2. The topological polar surface area (TPSA) is 78.6 Å². The van der Waals surface area contributed by atoms with E-state index in [2.05, 4.69) is 36.7 Å². The maximum atomic E-state index is 6.08. The highest BCUT2D eigenvalue weighted by molar-refractivity contribution is 14.0. The van der Waals surface area contributed by atoms with Gasteiger partial charge in [-0.25, -0.2) is 0 Å². The Bertz CT molecular complexity index is 722. The lowest BCUT2D eigenvalue weighted by atomic mass is 10.3. The molecule has 2 N–H and O–H groups in total. The summed E-state index contributed by atoms with van der Waals surface area (Å²) in [5, 5.41) is 11.2. The van der Waals surface area contributed by atoms with Gasteiger partial charge in [0.05, 0.1) is 6.54 Å². The smallest absolute Gasteiger partial charge is 0.246 e. The third-order valence-corrected chi connectivity index (χ3v) is 4.14. The minimum absolute atomic E-state index is 0. The number of aryl methyl sites for hydroxylation is 1. The fourth-order valence-electron chi connectivity index (χ4n) is 2.74. The first-order chi connectivity index (χ1) is 11.6. The van der Waals surface area contributed by atoms with Crippen molar-refractivity contribution in [3.63, 3.8) is 0 Å². The molecule has 0 spiro atoms. The van der Waals surface area contributed by atoms with Crippen LogP contribution >= 0.6 is 35.6 Å². The molecular formula is C16H22ClIN6O. The van der Waals surface area contributed by atoms with E-state index in [-0.39, 0.29) is 24.0 Å². The van der Waals surface area contributed by atoms with Crippen LogP contribution in [0.25, 0.3) is 0 Å². The summed E-state index contributed by atoms with van der Waals surface area (Å²) in [7, 11) is 1.75. The van der Waals surface area contributed by atoms with E-state index in [0.717, 1.165) is 36.2 Å². The van der Waals surface area contributed by atoms with Gasteiger partial charge in [-0.1, -0.05) is 22.8 Å². The third kappa shape index (κ3) is 5.46. The highest BCUT2D eigenvalue weighted by atomic mass is 127. The SMILES string of the molecule is CN=C(NCc1nc(C)no1)NC1CCN(c2cccc(Cl)c2)C1.I. The molecule has 2 aromatic rings. The molecular weight excluding hydrogens is 455 g/mol. The number of guanidine groups is 1. The molecule has 3 rings (SSSR count). The largest absolute Gasteiger partial charge is 0.369 e. The molecule has 1 atom stereocenters. The Labute approximate surface area is 169 Å². The highest BCUT2D eigenvalue weighted by Crippen LogP contribution is 2.23. The Kier molecular flexibility index (Phi) is 7.30. The molecule has 7 nitrogen and oxygen atoms in total. The van der Waals surface area contributed by atoms with E-state index < -0.39 is 0 Å². The van der Waals surface area contributed by atoms with Crippen molar-refractivity contribution in [2.45, 2.75) is 25.9 Å². The number of aliphatic imine (C=N–C) groups is 1. The second-order valence-corrected chi connectivity index (χ2v) is 6.15. The first kappa shape index (κ1) is 19.8. The molecule has 0 saturated carbocycles. The molecule has 9 heteroatoms. The van der Waals surface area contributed by atoms with E-state index in [0.29, 0.717) is 24.3 Å². The van der Waals surface area contributed by atoms with Crippen LogP contribution in [0.2, 0.25) is 5.02 Å². The van der Waals surface area contributed by atoms with Gasteiger partial charge in [0, 0.05) is 36.9 Å². The van der Waals surface area contributed by atoms with Crippen molar-refractivity contribution in [1.82, 2.24) is 20.8 Å². The van der Waals surface area contributed by atoms with E-state index >= 15 is 0 Å². The van der Waals surface area contributed by atoms with Gasteiger partial charge < -0.3 is 20.1 Å². The summed E-state index contributed by atoms with van der Waals surface area (Å²) in [6, 6.07) is 8.26. The van der Waals surface area contributed by atoms with Gasteiger partial charge in [0.25, 0.3) is 0 Å². The van der Waals surface area contributed by atoms with Crippen molar-refractivity contribution in [2.24, 2.45) is 4.99 Å². The molecule has 1 fully saturated rings. The minimum Gasteiger partial charge on any atom is -0.369 e. The van der Waals surface area contributed by atoms with Gasteiger partial charge in [-0.3, -0.25) is 4.99 Å². The van der Waals surface area contributed by atoms with Crippen LogP contribution in [0.4, 0.5) is 5.69 Å². The summed E-state index contributed by atoms with van der Waals surface area (Å²) < 4.78 is 5.09. The zero-order valence-electron chi connectivity index (χ0n) is 14.2. The molecule has 25 heavy (non-hydrogen) atoms. The zero-order chi connectivity index (χ0) is 16.9. The Hall–Kier alpha value is -1.55. The van der Waals surface area contributed by atoms with Crippen LogP contribution in [-0.4, -0.2) is 42.3 Å². The lowest BCUT2D eigenvalue weighted by Crippen LogP contribution is -2.44. The van der Waals surface area contributed by atoms with Crippen molar-refractivity contribution < 1.29 is 4.52 Å². The number of rotatable bonds is 4. The number of halogens is 2. The second-order valence-electron chi connectivity index (χ2n) is 5.72. The lowest BCUT2D eigenvalue weighted by molar-refractivity contribution is 0.371. The number of nitrogens with zero attached hydrogens (tertiary/aromatic N) is 4. The summed E-state index contributed by atoms with van der Waals surface area (Å²) in [6.45, 7) is 4.13. The van der Waals surface area contributed by atoms with Gasteiger partial charge in [0.15, 0.2) is 11.8 Å². The lowest BCUT2D eigenvalue weighted by Gasteiger charge is -2.20. The number of anilines is 1. The molecule has 0 bridgehead atoms. The van der Waals surface area contributed by atoms with Crippen LogP contribution in [0.1, 0.15) is 18.1 Å². The maximum Gasteiger partial charge on any atom is 0.246 e. The molecule has 1 unspecified atom stereocenters. The van der Waals surface area contributed by atoms with Gasteiger partial charge in [0.2, 0.25) is 5.89 Å². The van der Waals surface area contributed by atoms with E-state index in [1.54, 1.807) is 14.0 Å². The van der Waals surface area contributed by atoms with E-state index in [1.165, 1.54) is 0 Å². The van der Waals surface area contributed by atoms with Crippen molar-refractivity contribution in [3.8, 4) is 0 Å². The monoisotopic (exact) mass is 476 g/mol. The van der Waals surface area contributed by atoms with E-state index in [4.69, 9.17) is 16.1 Å². The molecule has 1 aliphatic heterocycles. The van der Waals surface area contributed by atoms with Gasteiger partial charge >= 0.3 is 0 Å². The van der Waals surface area contributed by atoms with Crippen molar-refractivity contribution in [3.05, 3.63) is 41.0 Å². The fourth-order valence-corrected chi connectivity index (χ4v) is 2.93. The predicted molar refractivity (Wildman–Crippen MR) is 110 cm³/mol. The molecule has 0 aliphatic carbocycles. The molecule has 136 valence electrons. The van der Waals surface area contributed by atoms with Gasteiger partial charge in [-0.15, -0.1) is 24.0 Å². The van der Waals surface area contributed by atoms with Crippen LogP contribution in [0, 0.1) is 6.92 Å². The van der Waals surface area contributed by atoms with Gasteiger partial charge in [0.1, 0.15) is 0 Å². The molecule has 1 aromatic heterocycles. The first-order valence-corrected chi connectivity index (χ1v) is 8.28. The average Bonchev–Trinajstić information content (AvgIpc) is 3.20. The van der Waals surface area contributed by atoms with Crippen LogP contribution in [0.3, 0.4) is 0 Å². The predicted octanol–water partition coefficient (Wildman–Crippen LogP) is 2.59. The number of benzene rings is 1. The number of hydrogen-bond donors (Lipinski definition) is 2. The summed E-state index contributed by atoms with van der Waals surface area (Å²) in [5.41, 5.74) is 1.15. The van der Waals surface area contributed by atoms with E-state index in [1.807, 2.05) is 18.2 Å². The van der Waals surface area contributed by atoms with E-state index in [9.17, 15) is 0 Å². The quantitative estimate of drug-likeness (QED) is 0.401. The molecule has 0 radical (unpaired) electrons. The van der Waals surface area contributed by atoms with Crippen LogP contribution in [0.5, 0.6) is 0 Å². The summed E-state index contributed by atoms with van der Waals surface area (Å²) in [5.74, 6) is 1.90. The Morgan fingerprint density at radius 2 is 2.32 bits per heavy atom. The van der Waals surface area contributed by atoms with Gasteiger partial charge in [-0.2, -0.15) is 4.98 Å². The van der Waals surface area contributed by atoms with Crippen molar-refractivity contribution in [2.75, 3.05) is 25.0 Å². The molecule has 1 saturated heterocycles. The molecule has 2 heterocycles. The fraction of sp³-hybridized carbons (Fsp3) is 0.438. The normalized spacial score (nSPS) is 17.3. The Morgan fingerprint density at radius 1 is 1.48 bits per heavy atom. The first-order valence-electron chi connectivity index (χ1n) is 7.91. The summed E-state index contributed by atoms with van der Waals surface area (Å²) in [4.78, 5) is 10.7. The van der Waals surface area contributed by atoms with Crippen LogP contribution in [-0.2, 0) is 6.54 Å². The minimum atomic E-state index is 0. The molecule has 0 amide bonds. The average molecular weight is 477 g/mol. The Morgan fingerprint density at radius 3 is 3.00 bits per heavy atom. The third-order valence-electron chi connectivity index (χ3n) is 3.90. The van der Waals surface area contributed by atoms with Crippen molar-refractivity contribution >= 4 is 47.2 Å².